The van der Waals surface area contributed by atoms with Crippen LogP contribution in [0.1, 0.15) is 111 Å². The molecule has 0 unspecified atom stereocenters. The van der Waals surface area contributed by atoms with Gasteiger partial charge in [0.1, 0.15) is 0 Å². The molecule has 0 aliphatic carbocycles. The highest BCUT2D eigenvalue weighted by Crippen LogP contribution is 2.46. The van der Waals surface area contributed by atoms with Crippen LogP contribution in [0.3, 0.4) is 0 Å². The number of hydrogen-bond acceptors (Lipinski definition) is 2. The minimum Gasteiger partial charge on any atom is -0.311 e. The van der Waals surface area contributed by atoms with Crippen molar-refractivity contribution in [3.8, 4) is 0 Å². The van der Waals surface area contributed by atoms with Gasteiger partial charge in [0.05, 0.1) is 0 Å². The van der Waals surface area contributed by atoms with Crippen LogP contribution >= 0.6 is 0 Å². The van der Waals surface area contributed by atoms with Crippen molar-refractivity contribution in [1.82, 2.24) is 0 Å². The molecular formula is C47H55BN2. The Morgan fingerprint density at radius 2 is 0.800 bits per heavy atom. The standard InChI is InChI=1S/C47H55BN2/c1-30-21-22-40-38(23-30)48-37-17-14-15-18-39(37)49(35-26-31(44(2,3)4)24-32(27-35)45(5,6)7)41-19-16-20-42(43(41)48)50(40)36-28-33(46(8,9)10)25-34(29-36)47(11,12)13/h14-29H,1-13H3. The summed E-state index contributed by atoms with van der Waals surface area (Å²) < 4.78 is 0. The van der Waals surface area contributed by atoms with Crippen LogP contribution in [0, 0.1) is 6.92 Å². The summed E-state index contributed by atoms with van der Waals surface area (Å²) in [6, 6.07) is 37.8. The van der Waals surface area contributed by atoms with Crippen molar-refractivity contribution in [2.45, 2.75) is 112 Å². The maximum atomic E-state index is 2.56. The molecule has 0 amide bonds. The summed E-state index contributed by atoms with van der Waals surface area (Å²) in [6.45, 7) is 30.3. The predicted octanol–water partition coefficient (Wildman–Crippen LogP) is 11.3. The van der Waals surface area contributed by atoms with E-state index in [4.69, 9.17) is 0 Å². The van der Waals surface area contributed by atoms with Gasteiger partial charge in [-0.1, -0.05) is 137 Å². The second-order valence-electron chi connectivity index (χ2n) is 19.0. The van der Waals surface area contributed by atoms with E-state index in [0.29, 0.717) is 0 Å². The Balaban J connectivity index is 1.56. The van der Waals surface area contributed by atoms with Gasteiger partial charge in [0.2, 0.25) is 0 Å². The lowest BCUT2D eigenvalue weighted by atomic mass is 9.33. The number of aryl methyl sites for hydroxylation is 1. The van der Waals surface area contributed by atoms with Crippen molar-refractivity contribution in [3.63, 3.8) is 0 Å². The van der Waals surface area contributed by atoms with Crippen LogP contribution in [0.15, 0.2) is 97.1 Å². The molecule has 7 rings (SSSR count). The van der Waals surface area contributed by atoms with Crippen LogP contribution in [-0.2, 0) is 21.7 Å². The number of hydrogen-bond donors (Lipinski definition) is 0. The second kappa shape index (κ2) is 11.4. The van der Waals surface area contributed by atoms with Gasteiger partial charge in [0, 0.05) is 34.1 Å². The van der Waals surface area contributed by atoms with Crippen LogP contribution in [0.4, 0.5) is 34.1 Å². The van der Waals surface area contributed by atoms with Gasteiger partial charge in [-0.2, -0.15) is 0 Å². The third-order valence-corrected chi connectivity index (χ3v) is 10.9. The molecule has 0 aromatic heterocycles. The first-order valence-corrected chi connectivity index (χ1v) is 18.5. The lowest BCUT2D eigenvalue weighted by Crippen LogP contribution is -2.61. The lowest BCUT2D eigenvalue weighted by molar-refractivity contribution is 0.568. The van der Waals surface area contributed by atoms with E-state index in [2.05, 4.69) is 197 Å². The zero-order chi connectivity index (χ0) is 36.1. The Hall–Kier alpha value is -4.24. The van der Waals surface area contributed by atoms with Gasteiger partial charge in [-0.3, -0.25) is 0 Å². The van der Waals surface area contributed by atoms with E-state index in [0.717, 1.165) is 0 Å². The van der Waals surface area contributed by atoms with Crippen molar-refractivity contribution < 1.29 is 0 Å². The molecule has 2 aliphatic rings. The van der Waals surface area contributed by atoms with Crippen molar-refractivity contribution in [2.24, 2.45) is 0 Å². The zero-order valence-corrected chi connectivity index (χ0v) is 32.7. The molecule has 0 saturated heterocycles. The maximum absolute atomic E-state index is 2.56. The number of fused-ring (bicyclic) bond motifs is 4. The largest absolute Gasteiger partial charge is 0.311 e. The van der Waals surface area contributed by atoms with E-state index < -0.39 is 0 Å². The summed E-state index contributed by atoms with van der Waals surface area (Å²) in [4.78, 5) is 5.12. The molecular weight excluding hydrogens is 603 g/mol. The lowest BCUT2D eigenvalue weighted by Gasteiger charge is -2.44. The highest BCUT2D eigenvalue weighted by molar-refractivity contribution is 7.00. The van der Waals surface area contributed by atoms with Gasteiger partial charge in [-0.15, -0.1) is 0 Å². The Labute approximate surface area is 302 Å². The van der Waals surface area contributed by atoms with E-state index in [1.54, 1.807) is 0 Å². The quantitative estimate of drug-likeness (QED) is 0.171. The highest BCUT2D eigenvalue weighted by Gasteiger charge is 2.43. The first-order chi connectivity index (χ1) is 23.2. The molecule has 256 valence electrons. The van der Waals surface area contributed by atoms with Gasteiger partial charge in [0.15, 0.2) is 0 Å². The fourth-order valence-electron chi connectivity index (χ4n) is 7.78. The monoisotopic (exact) mass is 658 g/mol. The van der Waals surface area contributed by atoms with Crippen molar-refractivity contribution in [2.75, 3.05) is 9.80 Å². The fourth-order valence-corrected chi connectivity index (χ4v) is 7.78. The van der Waals surface area contributed by atoms with E-state index in [1.807, 2.05) is 0 Å². The van der Waals surface area contributed by atoms with E-state index >= 15 is 0 Å². The third kappa shape index (κ3) is 5.77. The van der Waals surface area contributed by atoms with Crippen LogP contribution in [0.5, 0.6) is 0 Å². The van der Waals surface area contributed by atoms with Crippen molar-refractivity contribution in [1.29, 1.82) is 0 Å². The molecule has 0 atom stereocenters. The van der Waals surface area contributed by atoms with Crippen molar-refractivity contribution in [3.05, 3.63) is 125 Å². The Bertz CT molecular complexity index is 2050. The van der Waals surface area contributed by atoms with Crippen LogP contribution in [0.2, 0.25) is 0 Å². The highest BCUT2D eigenvalue weighted by atomic mass is 15.2. The Kier molecular flexibility index (Phi) is 7.80. The molecule has 0 radical (unpaired) electrons. The Morgan fingerprint density at radius 3 is 1.24 bits per heavy atom. The summed E-state index contributed by atoms with van der Waals surface area (Å²) in [6.07, 6.45) is 0. The van der Waals surface area contributed by atoms with Gasteiger partial charge < -0.3 is 9.80 Å². The molecule has 5 aromatic rings. The number of benzene rings is 5. The molecule has 50 heavy (non-hydrogen) atoms. The molecule has 0 bridgehead atoms. The molecule has 0 saturated carbocycles. The minimum atomic E-state index is 0.0130. The second-order valence-corrected chi connectivity index (χ2v) is 19.0. The smallest absolute Gasteiger partial charge is 0.252 e. The van der Waals surface area contributed by atoms with Crippen LogP contribution in [0.25, 0.3) is 0 Å². The van der Waals surface area contributed by atoms with Crippen molar-refractivity contribution >= 4 is 57.2 Å². The third-order valence-electron chi connectivity index (χ3n) is 10.9. The van der Waals surface area contributed by atoms with E-state index in [1.165, 1.54) is 78.3 Å². The SMILES string of the molecule is Cc1ccc2c(c1)B1c3ccccc3N(c3cc(C(C)(C)C)cc(C(C)(C)C)c3)c3cccc(c31)N2c1cc(C(C)(C)C)cc(C(C)(C)C)c1. The first-order valence-electron chi connectivity index (χ1n) is 18.5. The van der Waals surface area contributed by atoms with Gasteiger partial charge >= 0.3 is 0 Å². The molecule has 2 heterocycles. The van der Waals surface area contributed by atoms with Gasteiger partial charge in [-0.25, -0.2) is 0 Å². The van der Waals surface area contributed by atoms with Gasteiger partial charge in [0.25, 0.3) is 6.71 Å². The molecule has 0 fully saturated rings. The van der Waals surface area contributed by atoms with Crippen LogP contribution < -0.4 is 26.2 Å². The molecule has 5 aromatic carbocycles. The normalized spacial score (nSPS) is 14.4. The molecule has 0 spiro atoms. The van der Waals surface area contributed by atoms with E-state index in [9.17, 15) is 0 Å². The molecule has 2 nitrogen and oxygen atoms in total. The topological polar surface area (TPSA) is 6.48 Å². The van der Waals surface area contributed by atoms with Gasteiger partial charge in [-0.05, 0) is 116 Å². The number of anilines is 6. The minimum absolute atomic E-state index is 0.0130. The number of rotatable bonds is 2. The van der Waals surface area contributed by atoms with E-state index in [-0.39, 0.29) is 28.4 Å². The van der Waals surface area contributed by atoms with Crippen LogP contribution in [-0.4, -0.2) is 6.71 Å². The number of para-hydroxylation sites is 1. The summed E-state index contributed by atoms with van der Waals surface area (Å²) in [7, 11) is 0. The average molecular weight is 659 g/mol. The summed E-state index contributed by atoms with van der Waals surface area (Å²) in [5.74, 6) is 0. The summed E-state index contributed by atoms with van der Waals surface area (Å²) in [5.41, 5.74) is 18.4. The fraction of sp³-hybridized carbons (Fsp3) is 0.362. The molecule has 2 aliphatic heterocycles. The predicted molar refractivity (Wildman–Crippen MR) is 220 cm³/mol. The summed E-state index contributed by atoms with van der Waals surface area (Å²) >= 11 is 0. The summed E-state index contributed by atoms with van der Waals surface area (Å²) in [5, 5.41) is 0. The number of nitrogens with zero attached hydrogens (tertiary/aromatic N) is 2. The maximum Gasteiger partial charge on any atom is 0.252 e. The molecule has 0 N–H and O–H groups in total. The molecule has 3 heteroatoms. The Morgan fingerprint density at radius 1 is 0.400 bits per heavy atom. The zero-order valence-electron chi connectivity index (χ0n) is 32.7. The average Bonchev–Trinajstić information content (AvgIpc) is 3.02. The first kappa shape index (κ1) is 34.2.